The van der Waals surface area contributed by atoms with E-state index >= 15 is 0 Å². The third-order valence-corrected chi connectivity index (χ3v) is 2.50. The summed E-state index contributed by atoms with van der Waals surface area (Å²) < 4.78 is 12.9. The van der Waals surface area contributed by atoms with Crippen molar-refractivity contribution >= 4 is 5.69 Å². The van der Waals surface area contributed by atoms with Gasteiger partial charge in [-0.15, -0.1) is 0 Å². The maximum Gasteiger partial charge on any atom is 0.125 e. The first kappa shape index (κ1) is 11.0. The molecule has 0 bridgehead atoms. The first-order valence-corrected chi connectivity index (χ1v) is 4.83. The highest BCUT2D eigenvalue weighted by Crippen LogP contribution is 2.17. The van der Waals surface area contributed by atoms with E-state index in [2.05, 4.69) is 12.2 Å². The van der Waals surface area contributed by atoms with Crippen LogP contribution in [0.4, 0.5) is 10.1 Å². The minimum absolute atomic E-state index is 0.159. The molecule has 78 valence electrons. The van der Waals surface area contributed by atoms with E-state index in [-0.39, 0.29) is 11.4 Å². The molecule has 1 unspecified atom stereocenters. The van der Waals surface area contributed by atoms with Gasteiger partial charge in [0.05, 0.1) is 0 Å². The molecule has 0 aromatic heterocycles. The second kappa shape index (κ2) is 4.42. The molecule has 0 aliphatic carbocycles. The molecule has 0 aliphatic rings. The lowest BCUT2D eigenvalue weighted by Crippen LogP contribution is -2.41. The van der Waals surface area contributed by atoms with E-state index in [0.717, 1.165) is 12.1 Å². The molecule has 0 radical (unpaired) electrons. The van der Waals surface area contributed by atoms with Gasteiger partial charge in [-0.3, -0.25) is 0 Å². The van der Waals surface area contributed by atoms with Crippen molar-refractivity contribution in [2.24, 2.45) is 5.73 Å². The highest BCUT2D eigenvalue weighted by molar-refractivity contribution is 5.45. The highest BCUT2D eigenvalue weighted by atomic mass is 19.1. The number of benzene rings is 1. The molecule has 0 aliphatic heterocycles. The van der Waals surface area contributed by atoms with Crippen LogP contribution in [-0.2, 0) is 0 Å². The largest absolute Gasteiger partial charge is 0.379 e. The van der Waals surface area contributed by atoms with E-state index in [4.69, 9.17) is 5.73 Å². The summed E-state index contributed by atoms with van der Waals surface area (Å²) in [7, 11) is 0. The molecule has 0 spiro atoms. The average Bonchev–Trinajstić information content (AvgIpc) is 2.18. The summed E-state index contributed by atoms with van der Waals surface area (Å²) in [5.74, 6) is -0.231. The Kier molecular flexibility index (Phi) is 3.47. The minimum atomic E-state index is -0.231. The highest BCUT2D eigenvalue weighted by Gasteiger charge is 2.19. The van der Waals surface area contributed by atoms with Crippen LogP contribution in [0.5, 0.6) is 0 Å². The minimum Gasteiger partial charge on any atom is -0.379 e. The van der Waals surface area contributed by atoms with Crippen molar-refractivity contribution in [3.05, 3.63) is 30.1 Å². The first-order chi connectivity index (χ1) is 6.59. The molecule has 0 heterocycles. The number of anilines is 1. The summed E-state index contributed by atoms with van der Waals surface area (Å²) in [5, 5.41) is 3.23. The average molecular weight is 196 g/mol. The van der Waals surface area contributed by atoms with Gasteiger partial charge in [0.25, 0.3) is 0 Å². The Labute approximate surface area is 84.3 Å². The van der Waals surface area contributed by atoms with E-state index in [1.54, 1.807) is 6.07 Å². The molecule has 0 saturated carbocycles. The normalized spacial score (nSPS) is 14.9. The zero-order chi connectivity index (χ0) is 10.6. The SMILES string of the molecule is CCC(C)(CN)Nc1cccc(F)c1. The van der Waals surface area contributed by atoms with Gasteiger partial charge >= 0.3 is 0 Å². The number of hydrogen-bond acceptors (Lipinski definition) is 2. The van der Waals surface area contributed by atoms with Gasteiger partial charge in [0, 0.05) is 17.8 Å². The molecule has 0 amide bonds. The summed E-state index contributed by atoms with van der Waals surface area (Å²) in [4.78, 5) is 0. The Balaban J connectivity index is 2.77. The molecule has 3 N–H and O–H groups in total. The lowest BCUT2D eigenvalue weighted by Gasteiger charge is -2.29. The van der Waals surface area contributed by atoms with Gasteiger partial charge in [-0.25, -0.2) is 4.39 Å². The molecule has 1 rings (SSSR count). The zero-order valence-corrected chi connectivity index (χ0v) is 8.68. The third kappa shape index (κ3) is 2.70. The van der Waals surface area contributed by atoms with Crippen LogP contribution >= 0.6 is 0 Å². The Bertz CT molecular complexity index is 295. The quantitative estimate of drug-likeness (QED) is 0.775. The first-order valence-electron chi connectivity index (χ1n) is 4.83. The second-order valence-corrected chi connectivity index (χ2v) is 3.75. The predicted molar refractivity (Wildman–Crippen MR) is 57.8 cm³/mol. The number of hydrogen-bond donors (Lipinski definition) is 2. The molecule has 3 heteroatoms. The molecular weight excluding hydrogens is 179 g/mol. The molecule has 1 atom stereocenters. The van der Waals surface area contributed by atoms with Crippen molar-refractivity contribution in [2.75, 3.05) is 11.9 Å². The molecule has 0 fully saturated rings. The summed E-state index contributed by atoms with van der Waals surface area (Å²) in [5.41, 5.74) is 6.27. The maximum absolute atomic E-state index is 12.9. The topological polar surface area (TPSA) is 38.0 Å². The fourth-order valence-corrected chi connectivity index (χ4v) is 1.20. The van der Waals surface area contributed by atoms with Gasteiger partial charge in [-0.2, -0.15) is 0 Å². The van der Waals surface area contributed by atoms with Crippen molar-refractivity contribution in [1.82, 2.24) is 0 Å². The Hall–Kier alpha value is -1.09. The van der Waals surface area contributed by atoms with Crippen LogP contribution in [0.2, 0.25) is 0 Å². The second-order valence-electron chi connectivity index (χ2n) is 3.75. The van der Waals surface area contributed by atoms with Crippen molar-refractivity contribution in [3.8, 4) is 0 Å². The van der Waals surface area contributed by atoms with Crippen LogP contribution in [0.15, 0.2) is 24.3 Å². The standard InChI is InChI=1S/C11H17FN2/c1-3-11(2,8-13)14-10-6-4-5-9(12)7-10/h4-7,14H,3,8,13H2,1-2H3. The number of rotatable bonds is 4. The zero-order valence-electron chi connectivity index (χ0n) is 8.68. The van der Waals surface area contributed by atoms with Gasteiger partial charge in [-0.1, -0.05) is 13.0 Å². The van der Waals surface area contributed by atoms with Crippen molar-refractivity contribution in [1.29, 1.82) is 0 Å². The van der Waals surface area contributed by atoms with E-state index in [9.17, 15) is 4.39 Å². The van der Waals surface area contributed by atoms with Gasteiger partial charge in [-0.05, 0) is 31.5 Å². The van der Waals surface area contributed by atoms with E-state index in [0.29, 0.717) is 6.54 Å². The van der Waals surface area contributed by atoms with Gasteiger partial charge in [0.1, 0.15) is 5.82 Å². The Morgan fingerprint density at radius 3 is 2.71 bits per heavy atom. The van der Waals surface area contributed by atoms with Crippen LogP contribution in [-0.4, -0.2) is 12.1 Å². The van der Waals surface area contributed by atoms with Gasteiger partial charge < -0.3 is 11.1 Å². The summed E-state index contributed by atoms with van der Waals surface area (Å²) in [6.45, 7) is 4.61. The molecular formula is C11H17FN2. The Morgan fingerprint density at radius 1 is 1.50 bits per heavy atom. The number of halogens is 1. The van der Waals surface area contributed by atoms with E-state index in [1.165, 1.54) is 12.1 Å². The molecule has 1 aromatic rings. The van der Waals surface area contributed by atoms with Crippen LogP contribution in [0.1, 0.15) is 20.3 Å². The smallest absolute Gasteiger partial charge is 0.125 e. The van der Waals surface area contributed by atoms with Crippen molar-refractivity contribution in [3.63, 3.8) is 0 Å². The monoisotopic (exact) mass is 196 g/mol. The lowest BCUT2D eigenvalue weighted by molar-refractivity contribution is 0.506. The maximum atomic E-state index is 12.9. The van der Waals surface area contributed by atoms with E-state index in [1.807, 2.05) is 13.0 Å². The molecule has 0 saturated heterocycles. The van der Waals surface area contributed by atoms with Crippen molar-refractivity contribution in [2.45, 2.75) is 25.8 Å². The van der Waals surface area contributed by atoms with Crippen molar-refractivity contribution < 1.29 is 4.39 Å². The van der Waals surface area contributed by atoms with Crippen LogP contribution in [0.3, 0.4) is 0 Å². The van der Waals surface area contributed by atoms with Crippen LogP contribution in [0, 0.1) is 5.82 Å². The lowest BCUT2D eigenvalue weighted by atomic mass is 9.99. The number of nitrogens with one attached hydrogen (secondary N) is 1. The summed E-state index contributed by atoms with van der Waals surface area (Å²) in [6, 6.07) is 6.43. The predicted octanol–water partition coefficient (Wildman–Crippen LogP) is 2.37. The third-order valence-electron chi connectivity index (χ3n) is 2.50. The van der Waals surface area contributed by atoms with Gasteiger partial charge in [0.2, 0.25) is 0 Å². The molecule has 14 heavy (non-hydrogen) atoms. The number of nitrogens with two attached hydrogens (primary N) is 1. The summed E-state index contributed by atoms with van der Waals surface area (Å²) in [6.07, 6.45) is 0.903. The van der Waals surface area contributed by atoms with E-state index < -0.39 is 0 Å². The van der Waals surface area contributed by atoms with Crippen LogP contribution in [0.25, 0.3) is 0 Å². The molecule has 2 nitrogen and oxygen atoms in total. The fraction of sp³-hybridized carbons (Fsp3) is 0.455. The molecule has 1 aromatic carbocycles. The fourth-order valence-electron chi connectivity index (χ4n) is 1.20. The summed E-state index contributed by atoms with van der Waals surface area (Å²) >= 11 is 0. The van der Waals surface area contributed by atoms with Crippen LogP contribution < -0.4 is 11.1 Å². The Morgan fingerprint density at radius 2 is 2.21 bits per heavy atom. The van der Waals surface area contributed by atoms with Gasteiger partial charge in [0.15, 0.2) is 0 Å².